The quantitative estimate of drug-likeness (QED) is 0.456. The van der Waals surface area contributed by atoms with Gasteiger partial charge >= 0.3 is 0 Å². The van der Waals surface area contributed by atoms with Gasteiger partial charge in [0, 0.05) is 16.5 Å². The Balaban J connectivity index is 1.55. The van der Waals surface area contributed by atoms with Crippen LogP contribution in [0.3, 0.4) is 0 Å². The molecule has 1 aliphatic rings. The summed E-state index contributed by atoms with van der Waals surface area (Å²) in [4.78, 5) is 21.5. The number of nitrogens with two attached hydrogens (primary N) is 1. The molecule has 0 bridgehead atoms. The zero-order chi connectivity index (χ0) is 24.2. The Morgan fingerprint density at radius 1 is 1.21 bits per heavy atom. The molecule has 4 rings (SSSR count). The molecule has 9 heteroatoms. The molecule has 0 radical (unpaired) electrons. The van der Waals surface area contributed by atoms with E-state index in [1.165, 1.54) is 12.1 Å². The highest BCUT2D eigenvalue weighted by Gasteiger charge is 2.24. The van der Waals surface area contributed by atoms with E-state index in [9.17, 15) is 18.7 Å². The summed E-state index contributed by atoms with van der Waals surface area (Å²) >= 11 is 5.99. The number of aliphatic hydroxyl groups excluding tert-OH is 1. The minimum atomic E-state index is -0.783. The van der Waals surface area contributed by atoms with Gasteiger partial charge in [0.2, 0.25) is 0 Å². The van der Waals surface area contributed by atoms with Crippen LogP contribution in [0, 0.1) is 5.82 Å². The van der Waals surface area contributed by atoms with Crippen molar-refractivity contribution in [2.75, 3.05) is 12.3 Å². The van der Waals surface area contributed by atoms with Gasteiger partial charge in [0.1, 0.15) is 23.5 Å². The van der Waals surface area contributed by atoms with Crippen LogP contribution in [0.1, 0.15) is 59.3 Å². The van der Waals surface area contributed by atoms with Crippen LogP contribution in [0.2, 0.25) is 5.02 Å². The number of nitrogens with zero attached hydrogens (tertiary/aromatic N) is 2. The lowest BCUT2D eigenvalue weighted by atomic mass is 9.86. The smallest absolute Gasteiger partial charge is 0.254 e. The van der Waals surface area contributed by atoms with Crippen molar-refractivity contribution in [1.82, 2.24) is 15.3 Å². The predicted octanol–water partition coefficient (Wildman–Crippen LogP) is 4.98. The Bertz CT molecular complexity index is 1190. The van der Waals surface area contributed by atoms with Gasteiger partial charge in [-0.2, -0.15) is 0 Å². The molecule has 0 spiro atoms. The second-order valence-corrected chi connectivity index (χ2v) is 8.87. The van der Waals surface area contributed by atoms with Gasteiger partial charge in [-0.3, -0.25) is 4.79 Å². The number of hydrogen-bond donors (Lipinski definition) is 3. The number of anilines is 1. The molecule has 2 aromatic carbocycles. The van der Waals surface area contributed by atoms with Crippen molar-refractivity contribution in [1.29, 1.82) is 0 Å². The molecule has 4 N–H and O–H groups in total. The highest BCUT2D eigenvalue weighted by Crippen LogP contribution is 2.35. The predicted molar refractivity (Wildman–Crippen MR) is 127 cm³/mol. The van der Waals surface area contributed by atoms with Crippen LogP contribution in [0.5, 0.6) is 0 Å². The Labute approximate surface area is 201 Å². The minimum Gasteiger partial charge on any atom is -0.394 e. The lowest BCUT2D eigenvalue weighted by molar-refractivity contribution is 0.0912. The number of aliphatic hydroxyl groups is 1. The summed E-state index contributed by atoms with van der Waals surface area (Å²) in [5, 5.41) is 12.8. The fraction of sp³-hybridized carbons (Fsp3) is 0.320. The summed E-state index contributed by atoms with van der Waals surface area (Å²) < 4.78 is 28.5. The van der Waals surface area contributed by atoms with Crippen molar-refractivity contribution in [2.24, 2.45) is 0 Å². The normalized spacial score (nSPS) is 18.9. The van der Waals surface area contributed by atoms with E-state index in [4.69, 9.17) is 17.3 Å². The zero-order valence-corrected chi connectivity index (χ0v) is 19.1. The Kier molecular flexibility index (Phi) is 7.38. The van der Waals surface area contributed by atoms with Crippen molar-refractivity contribution >= 4 is 23.3 Å². The first-order valence-corrected chi connectivity index (χ1v) is 11.5. The number of amides is 1. The largest absolute Gasteiger partial charge is 0.394 e. The lowest BCUT2D eigenvalue weighted by Gasteiger charge is -2.24. The number of carbonyl (C=O) groups excluding carboxylic acids is 1. The van der Waals surface area contributed by atoms with E-state index < -0.39 is 23.9 Å². The van der Waals surface area contributed by atoms with Crippen LogP contribution >= 0.6 is 11.6 Å². The number of rotatable bonds is 6. The molecule has 0 saturated heterocycles. The molecule has 1 aliphatic carbocycles. The highest BCUT2D eigenvalue weighted by molar-refractivity contribution is 6.30. The SMILES string of the molecule is Nc1ncc([C@H]2CC[C@H](F)CC2)nc1-c1ccc(C(=O)N[C@H](CO)c2cccc(Cl)c2)c(F)c1. The van der Waals surface area contributed by atoms with E-state index in [1.807, 2.05) is 0 Å². The maximum absolute atomic E-state index is 15.0. The van der Waals surface area contributed by atoms with Crippen LogP contribution < -0.4 is 11.1 Å². The standard InChI is InChI=1S/C25H25ClF2N4O2/c26-17-3-1-2-15(10-17)22(13-33)32-25(34)19-9-6-16(11-20(19)28)23-24(29)30-12-21(31-23)14-4-7-18(27)8-5-14/h1-3,6,9-12,14,18,22,33H,4-5,7-8,13H2,(H2,29,30)(H,32,34)/t14-,18-,22-/m1/s1. The maximum Gasteiger partial charge on any atom is 0.254 e. The van der Waals surface area contributed by atoms with Gasteiger partial charge in [0.15, 0.2) is 0 Å². The number of hydrogen-bond acceptors (Lipinski definition) is 5. The third kappa shape index (κ3) is 5.34. The number of carbonyl (C=O) groups is 1. The average molecular weight is 487 g/mol. The van der Waals surface area contributed by atoms with E-state index in [1.54, 1.807) is 36.5 Å². The first-order chi connectivity index (χ1) is 16.4. The van der Waals surface area contributed by atoms with E-state index in [-0.39, 0.29) is 23.9 Å². The molecule has 34 heavy (non-hydrogen) atoms. The highest BCUT2D eigenvalue weighted by atomic mass is 35.5. The zero-order valence-electron chi connectivity index (χ0n) is 18.3. The number of aromatic nitrogens is 2. The second-order valence-electron chi connectivity index (χ2n) is 8.44. The lowest BCUT2D eigenvalue weighted by Crippen LogP contribution is -2.31. The molecule has 1 atom stereocenters. The molecule has 1 aromatic heterocycles. The molecule has 6 nitrogen and oxygen atoms in total. The molecule has 1 heterocycles. The Hall–Kier alpha value is -3.10. The first-order valence-electron chi connectivity index (χ1n) is 11.1. The average Bonchev–Trinajstić information content (AvgIpc) is 2.83. The summed E-state index contributed by atoms with van der Waals surface area (Å²) in [6.07, 6.45) is 3.11. The molecule has 1 fully saturated rings. The van der Waals surface area contributed by atoms with Crippen LogP contribution in [0.15, 0.2) is 48.7 Å². The van der Waals surface area contributed by atoms with Crippen LogP contribution in [0.25, 0.3) is 11.3 Å². The first kappa shape index (κ1) is 24.0. The van der Waals surface area contributed by atoms with Gasteiger partial charge in [-0.15, -0.1) is 0 Å². The molecular formula is C25H25ClF2N4O2. The number of nitrogens with one attached hydrogen (secondary N) is 1. The van der Waals surface area contributed by atoms with Crippen molar-refractivity contribution in [3.8, 4) is 11.3 Å². The molecule has 3 aromatic rings. The van der Waals surface area contributed by atoms with Crippen molar-refractivity contribution < 1.29 is 18.7 Å². The van der Waals surface area contributed by atoms with Crippen molar-refractivity contribution in [2.45, 2.75) is 43.8 Å². The van der Waals surface area contributed by atoms with Gasteiger partial charge in [-0.05, 0) is 55.5 Å². The van der Waals surface area contributed by atoms with E-state index >= 15 is 0 Å². The number of benzene rings is 2. The number of alkyl halides is 1. The van der Waals surface area contributed by atoms with Crippen LogP contribution in [-0.4, -0.2) is 33.8 Å². The molecule has 0 unspecified atom stereocenters. The minimum absolute atomic E-state index is 0.0793. The number of halogens is 3. The fourth-order valence-electron chi connectivity index (χ4n) is 4.21. The van der Waals surface area contributed by atoms with Crippen LogP contribution in [0.4, 0.5) is 14.6 Å². The monoisotopic (exact) mass is 486 g/mol. The maximum atomic E-state index is 15.0. The van der Waals surface area contributed by atoms with Gasteiger partial charge < -0.3 is 16.2 Å². The van der Waals surface area contributed by atoms with Gasteiger partial charge in [-0.1, -0.05) is 29.8 Å². The third-order valence-electron chi connectivity index (χ3n) is 6.12. The van der Waals surface area contributed by atoms with Gasteiger partial charge in [0.25, 0.3) is 5.91 Å². The third-order valence-corrected chi connectivity index (χ3v) is 6.36. The fourth-order valence-corrected chi connectivity index (χ4v) is 4.41. The second kappa shape index (κ2) is 10.4. The van der Waals surface area contributed by atoms with Crippen molar-refractivity contribution in [3.63, 3.8) is 0 Å². The Morgan fingerprint density at radius 3 is 2.65 bits per heavy atom. The molecule has 0 aliphatic heterocycles. The molecular weight excluding hydrogens is 462 g/mol. The van der Waals surface area contributed by atoms with Gasteiger partial charge in [-0.25, -0.2) is 18.7 Å². The Morgan fingerprint density at radius 2 is 1.97 bits per heavy atom. The van der Waals surface area contributed by atoms with E-state index in [0.717, 1.165) is 0 Å². The summed E-state index contributed by atoms with van der Waals surface area (Å²) in [7, 11) is 0. The number of nitrogen functional groups attached to an aromatic ring is 1. The molecule has 178 valence electrons. The van der Waals surface area contributed by atoms with E-state index in [2.05, 4.69) is 15.3 Å². The summed E-state index contributed by atoms with van der Waals surface area (Å²) in [6.45, 7) is -0.380. The van der Waals surface area contributed by atoms with Crippen LogP contribution in [-0.2, 0) is 0 Å². The summed E-state index contributed by atoms with van der Waals surface area (Å²) in [6, 6.07) is 10.0. The summed E-state index contributed by atoms with van der Waals surface area (Å²) in [5.41, 5.74) is 7.82. The molecule has 1 amide bonds. The van der Waals surface area contributed by atoms with Crippen molar-refractivity contribution in [3.05, 3.63) is 76.3 Å². The topological polar surface area (TPSA) is 101 Å². The molecule has 1 saturated carbocycles. The van der Waals surface area contributed by atoms with E-state index in [0.29, 0.717) is 53.2 Å². The van der Waals surface area contributed by atoms with Gasteiger partial charge in [0.05, 0.1) is 30.1 Å². The summed E-state index contributed by atoms with van der Waals surface area (Å²) in [5.74, 6) is -1.22.